The van der Waals surface area contributed by atoms with E-state index in [9.17, 15) is 13.2 Å². The molecule has 0 radical (unpaired) electrons. The van der Waals surface area contributed by atoms with Crippen molar-refractivity contribution in [3.63, 3.8) is 0 Å². The number of aromatic nitrogens is 2. The van der Waals surface area contributed by atoms with Crippen molar-refractivity contribution in [2.24, 2.45) is 0 Å². The molecule has 1 heterocycles. The number of rotatable bonds is 7. The Kier molecular flexibility index (Phi) is 6.64. The van der Waals surface area contributed by atoms with E-state index in [1.165, 1.54) is 11.3 Å². The monoisotopic (exact) mass is 414 g/mol. The summed E-state index contributed by atoms with van der Waals surface area (Å²) in [5.41, 5.74) is 1.44. The van der Waals surface area contributed by atoms with Gasteiger partial charge in [0.15, 0.2) is 4.34 Å². The molecule has 0 fully saturated rings. The first kappa shape index (κ1) is 20.7. The second-order valence-corrected chi connectivity index (χ2v) is 10.8. The Morgan fingerprint density at radius 1 is 1.19 bits per heavy atom. The summed E-state index contributed by atoms with van der Waals surface area (Å²) in [6.07, 6.45) is 1.08. The van der Waals surface area contributed by atoms with Gasteiger partial charge in [-0.2, -0.15) is 0 Å². The van der Waals surface area contributed by atoms with Crippen molar-refractivity contribution in [1.29, 1.82) is 0 Å². The molecule has 1 amide bonds. The van der Waals surface area contributed by atoms with Crippen LogP contribution in [0.4, 0.5) is 10.8 Å². The topological polar surface area (TPSA) is 92.3 Å². The van der Waals surface area contributed by atoms with Crippen molar-refractivity contribution < 1.29 is 13.2 Å². The Balaban J connectivity index is 2.19. The smallest absolute Gasteiger partial charge is 0.249 e. The summed E-state index contributed by atoms with van der Waals surface area (Å²) >= 11 is 2.82. The average Bonchev–Trinajstić information content (AvgIpc) is 2.94. The molecule has 0 saturated heterocycles. The largest absolute Gasteiger partial charge is 0.299 e. The summed E-state index contributed by atoms with van der Waals surface area (Å²) in [6, 6.07) is 6.04. The van der Waals surface area contributed by atoms with E-state index in [4.69, 9.17) is 0 Å². The molecule has 142 valence electrons. The van der Waals surface area contributed by atoms with Crippen LogP contribution in [0.25, 0.3) is 0 Å². The van der Waals surface area contributed by atoms with E-state index >= 15 is 0 Å². The van der Waals surface area contributed by atoms with Crippen molar-refractivity contribution in [2.75, 3.05) is 15.9 Å². The van der Waals surface area contributed by atoms with Gasteiger partial charge in [-0.1, -0.05) is 54.6 Å². The van der Waals surface area contributed by atoms with Crippen molar-refractivity contribution in [3.8, 4) is 0 Å². The van der Waals surface area contributed by atoms with Gasteiger partial charge in [-0.15, -0.1) is 10.2 Å². The maximum Gasteiger partial charge on any atom is 0.249 e. The van der Waals surface area contributed by atoms with Gasteiger partial charge < -0.3 is 0 Å². The van der Waals surface area contributed by atoms with Crippen molar-refractivity contribution >= 4 is 49.8 Å². The summed E-state index contributed by atoms with van der Waals surface area (Å²) in [5.74, 6) is -0.465. The van der Waals surface area contributed by atoms with E-state index in [1.807, 2.05) is 20.8 Å². The maximum atomic E-state index is 12.6. The number of carbonyl (C=O) groups is 1. The number of hydrogen-bond donors (Lipinski definition) is 1. The molecule has 26 heavy (non-hydrogen) atoms. The lowest BCUT2D eigenvalue weighted by Gasteiger charge is -2.27. The number of sulfonamides is 1. The second-order valence-electron chi connectivity index (χ2n) is 6.10. The summed E-state index contributed by atoms with van der Waals surface area (Å²) in [6.45, 7) is 7.53. The number of thioether (sulfide) groups is 1. The van der Waals surface area contributed by atoms with E-state index in [2.05, 4.69) is 15.5 Å². The predicted molar refractivity (Wildman–Crippen MR) is 107 cm³/mol. The molecule has 0 aliphatic carbocycles. The van der Waals surface area contributed by atoms with Crippen LogP contribution in [0.5, 0.6) is 0 Å². The summed E-state index contributed by atoms with van der Waals surface area (Å²) in [5, 5.41) is 11.3. The van der Waals surface area contributed by atoms with Crippen molar-refractivity contribution in [3.05, 3.63) is 29.8 Å². The Bertz CT molecular complexity index is 863. The third kappa shape index (κ3) is 5.42. The first-order chi connectivity index (χ1) is 12.1. The van der Waals surface area contributed by atoms with E-state index in [0.29, 0.717) is 16.1 Å². The molecule has 0 aliphatic rings. The Morgan fingerprint density at radius 2 is 1.81 bits per heavy atom. The van der Waals surface area contributed by atoms with Crippen LogP contribution in [0.3, 0.4) is 0 Å². The molecule has 1 atom stereocenters. The molecular formula is C16H22N4O3S3. The SMILES string of the molecule is Cc1ccc(N([C@H](C)C(=O)Nc2nnc(SC(C)C)s2)S(C)(=O)=O)cc1. The molecule has 7 nitrogen and oxygen atoms in total. The number of aryl methyl sites for hydroxylation is 1. The fourth-order valence-electron chi connectivity index (χ4n) is 2.22. The molecule has 2 aromatic rings. The molecule has 1 aromatic carbocycles. The van der Waals surface area contributed by atoms with Crippen LogP contribution >= 0.6 is 23.1 Å². The Labute approximate surface area is 162 Å². The Morgan fingerprint density at radius 3 is 2.35 bits per heavy atom. The first-order valence-electron chi connectivity index (χ1n) is 7.95. The highest BCUT2D eigenvalue weighted by atomic mass is 32.2. The van der Waals surface area contributed by atoms with Crippen LogP contribution in [-0.4, -0.2) is 42.1 Å². The normalized spacial score (nSPS) is 12.8. The van der Waals surface area contributed by atoms with Crippen molar-refractivity contribution in [1.82, 2.24) is 10.2 Å². The van der Waals surface area contributed by atoms with Gasteiger partial charge in [-0.3, -0.25) is 14.4 Å². The van der Waals surface area contributed by atoms with Crippen molar-refractivity contribution in [2.45, 2.75) is 43.3 Å². The number of amides is 1. The lowest BCUT2D eigenvalue weighted by Crippen LogP contribution is -2.45. The number of anilines is 2. The van der Waals surface area contributed by atoms with E-state index in [-0.39, 0.29) is 0 Å². The second kappa shape index (κ2) is 8.36. The zero-order valence-electron chi connectivity index (χ0n) is 15.3. The van der Waals surface area contributed by atoms with Crippen LogP contribution in [0.2, 0.25) is 0 Å². The Hall–Kier alpha value is -1.65. The predicted octanol–water partition coefficient (Wildman–Crippen LogP) is 3.14. The highest BCUT2D eigenvalue weighted by Gasteiger charge is 2.29. The average molecular weight is 415 g/mol. The van der Waals surface area contributed by atoms with Gasteiger partial charge in [0.25, 0.3) is 0 Å². The maximum absolute atomic E-state index is 12.6. The number of carbonyl (C=O) groups excluding carboxylic acids is 1. The lowest BCUT2D eigenvalue weighted by molar-refractivity contribution is -0.116. The fraction of sp³-hybridized carbons (Fsp3) is 0.438. The molecule has 10 heteroatoms. The van der Waals surface area contributed by atoms with E-state index < -0.39 is 22.0 Å². The summed E-state index contributed by atoms with van der Waals surface area (Å²) < 4.78 is 26.4. The number of nitrogens with one attached hydrogen (secondary N) is 1. The summed E-state index contributed by atoms with van der Waals surface area (Å²) in [7, 11) is -3.64. The zero-order chi connectivity index (χ0) is 19.5. The van der Waals surface area contributed by atoms with E-state index in [0.717, 1.165) is 20.5 Å². The highest BCUT2D eigenvalue weighted by molar-refractivity contribution is 8.01. The van der Waals surface area contributed by atoms with E-state index in [1.54, 1.807) is 43.0 Å². The minimum Gasteiger partial charge on any atom is -0.299 e. The fourth-order valence-corrected chi connectivity index (χ4v) is 5.37. The van der Waals surface area contributed by atoms with Gasteiger partial charge in [0.2, 0.25) is 21.1 Å². The molecule has 0 bridgehead atoms. The quantitative estimate of drug-likeness (QED) is 0.553. The molecule has 0 aliphatic heterocycles. The molecule has 1 N–H and O–H groups in total. The van der Waals surface area contributed by atoms with Crippen LogP contribution in [-0.2, 0) is 14.8 Å². The summed E-state index contributed by atoms with van der Waals surface area (Å²) in [4.78, 5) is 12.6. The van der Waals surface area contributed by atoms with Gasteiger partial charge in [0.05, 0.1) is 11.9 Å². The zero-order valence-corrected chi connectivity index (χ0v) is 17.7. The van der Waals surface area contributed by atoms with Crippen LogP contribution < -0.4 is 9.62 Å². The third-order valence-electron chi connectivity index (χ3n) is 3.35. The number of nitrogens with zero attached hydrogens (tertiary/aromatic N) is 3. The number of benzene rings is 1. The molecule has 0 unspecified atom stereocenters. The van der Waals surface area contributed by atoms with Crippen LogP contribution in [0, 0.1) is 6.92 Å². The number of hydrogen-bond acceptors (Lipinski definition) is 7. The molecule has 2 rings (SSSR count). The van der Waals surface area contributed by atoms with Crippen LogP contribution in [0.1, 0.15) is 26.3 Å². The highest BCUT2D eigenvalue weighted by Crippen LogP contribution is 2.29. The molecule has 0 spiro atoms. The first-order valence-corrected chi connectivity index (χ1v) is 11.5. The van der Waals surface area contributed by atoms with Crippen LogP contribution in [0.15, 0.2) is 28.6 Å². The van der Waals surface area contributed by atoms with Gasteiger partial charge in [0, 0.05) is 5.25 Å². The van der Waals surface area contributed by atoms with Gasteiger partial charge in [-0.05, 0) is 26.0 Å². The van der Waals surface area contributed by atoms with Gasteiger partial charge >= 0.3 is 0 Å². The lowest BCUT2D eigenvalue weighted by atomic mass is 10.2. The molecule has 0 saturated carbocycles. The molecule has 1 aromatic heterocycles. The minimum absolute atomic E-state index is 0.349. The molecular weight excluding hydrogens is 392 g/mol. The van der Waals surface area contributed by atoms with Gasteiger partial charge in [0.1, 0.15) is 6.04 Å². The minimum atomic E-state index is -3.64. The third-order valence-corrected chi connectivity index (χ3v) is 6.52. The standard InChI is InChI=1S/C16H22N4O3S3/c1-10(2)24-16-19-18-15(25-16)17-14(21)12(4)20(26(5,22)23)13-8-6-11(3)7-9-13/h6-10,12H,1-5H3,(H,17,18,21)/t12-/m1/s1. The van der Waals surface area contributed by atoms with Gasteiger partial charge in [-0.25, -0.2) is 8.42 Å².